The van der Waals surface area contributed by atoms with Crippen LogP contribution in [0, 0.1) is 5.82 Å². The molecule has 1 aromatic carbocycles. The van der Waals surface area contributed by atoms with E-state index in [1.165, 1.54) is 25.3 Å². The van der Waals surface area contributed by atoms with Gasteiger partial charge in [0.05, 0.1) is 41.8 Å². The lowest BCUT2D eigenvalue weighted by Gasteiger charge is -2.20. The second kappa shape index (κ2) is 11.8. The van der Waals surface area contributed by atoms with E-state index in [1.807, 2.05) is 0 Å². The molecule has 0 aliphatic carbocycles. The highest BCUT2D eigenvalue weighted by molar-refractivity contribution is 5.86. The van der Waals surface area contributed by atoms with Gasteiger partial charge in [0, 0.05) is 18.7 Å². The number of aromatic amines is 1. The third kappa shape index (κ3) is 6.84. The molecule has 224 valence electrons. The number of H-pyrrole nitrogens is 1. The SMILES string of the molecule is CC(CC(F)Cn1ccc2cc(-c3ncc(OC(F)(F)CO)cn3)c(F)cc2c1=O)Nc1cn[nH]c(=O)c1C(F)(F)F. The standard InChI is InChI=1S/C25H21F7N6O4/c1-12(36-19-9-35-37-22(40)20(19)25(30,31)32)4-14(26)10-38-3-2-13-5-17(18(27)6-16(13)23(38)41)21-33-7-15(8-34-21)42-24(28,29)11-39/h2-3,5-9,12,14,39H,4,10-11H2,1H3,(H2,36,37,40). The molecule has 3 heterocycles. The van der Waals surface area contributed by atoms with Crippen LogP contribution in [0.25, 0.3) is 22.2 Å². The van der Waals surface area contributed by atoms with E-state index in [-0.39, 0.29) is 28.6 Å². The fourth-order valence-electron chi connectivity index (χ4n) is 4.12. The largest absolute Gasteiger partial charge is 0.428 e. The highest BCUT2D eigenvalue weighted by Crippen LogP contribution is 2.32. The molecule has 0 radical (unpaired) electrons. The Hall–Kier alpha value is -4.54. The van der Waals surface area contributed by atoms with Crippen molar-refractivity contribution in [3.8, 4) is 17.1 Å². The zero-order chi connectivity index (χ0) is 30.8. The van der Waals surface area contributed by atoms with E-state index in [1.54, 1.807) is 5.10 Å². The quantitative estimate of drug-likeness (QED) is 0.233. The van der Waals surface area contributed by atoms with Crippen molar-refractivity contribution in [1.29, 1.82) is 0 Å². The topological polar surface area (TPSA) is 135 Å². The van der Waals surface area contributed by atoms with Crippen molar-refractivity contribution < 1.29 is 40.6 Å². The molecule has 17 heteroatoms. The van der Waals surface area contributed by atoms with Gasteiger partial charge < -0.3 is 19.7 Å². The van der Waals surface area contributed by atoms with Crippen LogP contribution < -0.4 is 21.2 Å². The van der Waals surface area contributed by atoms with Crippen LogP contribution in [-0.4, -0.2) is 54.8 Å². The number of benzene rings is 1. The molecule has 4 aromatic rings. The lowest BCUT2D eigenvalue weighted by Crippen LogP contribution is -2.30. The smallest absolute Gasteiger partial charge is 0.423 e. The number of anilines is 1. The Bertz CT molecular complexity index is 1690. The number of aromatic nitrogens is 5. The van der Waals surface area contributed by atoms with Gasteiger partial charge in [-0.2, -0.15) is 27.1 Å². The van der Waals surface area contributed by atoms with Gasteiger partial charge in [0.1, 0.15) is 24.2 Å². The minimum atomic E-state index is -4.98. The molecule has 3 aromatic heterocycles. The first kappa shape index (κ1) is 30.4. The lowest BCUT2D eigenvalue weighted by molar-refractivity contribution is -0.201. The summed E-state index contributed by atoms with van der Waals surface area (Å²) >= 11 is 0. The highest BCUT2D eigenvalue weighted by atomic mass is 19.4. The zero-order valence-electron chi connectivity index (χ0n) is 21.4. The van der Waals surface area contributed by atoms with E-state index >= 15 is 0 Å². The minimum absolute atomic E-state index is 0.121. The van der Waals surface area contributed by atoms with E-state index in [9.17, 15) is 40.3 Å². The molecular weight excluding hydrogens is 581 g/mol. The van der Waals surface area contributed by atoms with Crippen LogP contribution in [0.5, 0.6) is 5.75 Å². The van der Waals surface area contributed by atoms with Crippen molar-refractivity contribution in [2.24, 2.45) is 0 Å². The molecule has 2 unspecified atom stereocenters. The van der Waals surface area contributed by atoms with Gasteiger partial charge in [0.2, 0.25) is 0 Å². The number of pyridine rings is 1. The van der Waals surface area contributed by atoms with E-state index in [0.29, 0.717) is 0 Å². The normalized spacial score (nSPS) is 13.6. The number of nitrogens with one attached hydrogen (secondary N) is 2. The van der Waals surface area contributed by atoms with Gasteiger partial charge in [-0.05, 0) is 30.5 Å². The zero-order valence-corrected chi connectivity index (χ0v) is 21.4. The van der Waals surface area contributed by atoms with Crippen LogP contribution in [-0.2, 0) is 12.7 Å². The molecule has 0 saturated heterocycles. The van der Waals surface area contributed by atoms with Crippen molar-refractivity contribution in [1.82, 2.24) is 24.7 Å². The number of rotatable bonds is 10. The summed E-state index contributed by atoms with van der Waals surface area (Å²) in [5.41, 5.74) is -4.53. The molecule has 0 amide bonds. The van der Waals surface area contributed by atoms with Crippen molar-refractivity contribution in [3.05, 3.63) is 75.1 Å². The number of fused-ring (bicyclic) bond motifs is 1. The summed E-state index contributed by atoms with van der Waals surface area (Å²) in [4.78, 5) is 32.1. The maximum absolute atomic E-state index is 14.9. The monoisotopic (exact) mass is 602 g/mol. The summed E-state index contributed by atoms with van der Waals surface area (Å²) in [5, 5.41) is 16.1. The van der Waals surface area contributed by atoms with Crippen LogP contribution in [0.1, 0.15) is 18.9 Å². The van der Waals surface area contributed by atoms with Gasteiger partial charge in [0.25, 0.3) is 11.1 Å². The third-order valence-corrected chi connectivity index (χ3v) is 5.93. The number of alkyl halides is 6. The summed E-state index contributed by atoms with van der Waals surface area (Å²) in [6, 6.07) is 2.60. The molecule has 2 atom stereocenters. The second-order valence-corrected chi connectivity index (χ2v) is 9.20. The van der Waals surface area contributed by atoms with Crippen LogP contribution in [0.3, 0.4) is 0 Å². The Kier molecular flexibility index (Phi) is 8.51. The van der Waals surface area contributed by atoms with Crippen LogP contribution >= 0.6 is 0 Å². The van der Waals surface area contributed by atoms with Gasteiger partial charge in [-0.3, -0.25) is 9.59 Å². The molecule has 0 aliphatic rings. The number of halogens is 7. The maximum Gasteiger partial charge on any atom is 0.423 e. The summed E-state index contributed by atoms with van der Waals surface area (Å²) < 4.78 is 101. The summed E-state index contributed by atoms with van der Waals surface area (Å²) in [6.07, 6.45) is -7.25. The number of ether oxygens (including phenoxy) is 1. The minimum Gasteiger partial charge on any atom is -0.428 e. The first-order valence-electron chi connectivity index (χ1n) is 12.1. The van der Waals surface area contributed by atoms with Crippen molar-refractivity contribution in [3.63, 3.8) is 0 Å². The Labute approximate surface area is 230 Å². The summed E-state index contributed by atoms with van der Waals surface area (Å²) in [5.74, 6) is -1.64. The predicted octanol–water partition coefficient (Wildman–Crippen LogP) is 3.89. The van der Waals surface area contributed by atoms with E-state index in [4.69, 9.17) is 5.11 Å². The van der Waals surface area contributed by atoms with Gasteiger partial charge in [-0.15, -0.1) is 0 Å². The molecule has 4 rings (SSSR count). The molecule has 10 nitrogen and oxygen atoms in total. The Morgan fingerprint density at radius 1 is 1.12 bits per heavy atom. The average molecular weight is 602 g/mol. The Balaban J connectivity index is 1.49. The number of nitrogens with zero attached hydrogens (tertiary/aromatic N) is 4. The molecular formula is C25H21F7N6O4. The van der Waals surface area contributed by atoms with Crippen molar-refractivity contribution in [2.75, 3.05) is 11.9 Å². The van der Waals surface area contributed by atoms with Crippen LogP contribution in [0.15, 0.2) is 52.6 Å². The van der Waals surface area contributed by atoms with Gasteiger partial charge in [0.15, 0.2) is 11.6 Å². The Morgan fingerprint density at radius 2 is 1.81 bits per heavy atom. The average Bonchev–Trinajstić information content (AvgIpc) is 2.90. The van der Waals surface area contributed by atoms with E-state index in [2.05, 4.69) is 25.1 Å². The molecule has 0 bridgehead atoms. The van der Waals surface area contributed by atoms with Gasteiger partial charge in [-0.1, -0.05) is 0 Å². The van der Waals surface area contributed by atoms with Crippen LogP contribution in [0.2, 0.25) is 0 Å². The van der Waals surface area contributed by atoms with E-state index < -0.39 is 71.6 Å². The molecule has 3 N–H and O–H groups in total. The predicted molar refractivity (Wildman–Crippen MR) is 134 cm³/mol. The number of hydrogen-bond acceptors (Lipinski definition) is 8. The van der Waals surface area contributed by atoms with Crippen LogP contribution in [0.4, 0.5) is 36.4 Å². The first-order valence-corrected chi connectivity index (χ1v) is 12.1. The van der Waals surface area contributed by atoms with Crippen molar-refractivity contribution in [2.45, 2.75) is 44.4 Å². The lowest BCUT2D eigenvalue weighted by atomic mass is 10.1. The maximum atomic E-state index is 14.9. The molecule has 0 fully saturated rings. The molecule has 0 saturated carbocycles. The highest BCUT2D eigenvalue weighted by Gasteiger charge is 2.37. The number of hydrogen-bond donors (Lipinski definition) is 3. The van der Waals surface area contributed by atoms with Gasteiger partial charge >= 0.3 is 12.3 Å². The molecule has 0 aliphatic heterocycles. The summed E-state index contributed by atoms with van der Waals surface area (Å²) in [6.45, 7) is -0.707. The van der Waals surface area contributed by atoms with Gasteiger partial charge in [-0.25, -0.2) is 23.8 Å². The fourth-order valence-corrected chi connectivity index (χ4v) is 4.12. The molecule has 42 heavy (non-hydrogen) atoms. The van der Waals surface area contributed by atoms with Crippen molar-refractivity contribution >= 4 is 16.5 Å². The molecule has 0 spiro atoms. The summed E-state index contributed by atoms with van der Waals surface area (Å²) in [7, 11) is 0. The number of aliphatic hydroxyl groups is 1. The Morgan fingerprint density at radius 3 is 2.45 bits per heavy atom. The first-order chi connectivity index (χ1) is 19.7. The second-order valence-electron chi connectivity index (χ2n) is 9.20. The fraction of sp³-hybridized carbons (Fsp3) is 0.320. The number of aliphatic hydroxyl groups excluding tert-OH is 1. The third-order valence-electron chi connectivity index (χ3n) is 5.93. The van der Waals surface area contributed by atoms with E-state index in [0.717, 1.165) is 29.2 Å².